The largest absolute Gasteiger partial charge is 0.493 e. The van der Waals surface area contributed by atoms with E-state index < -0.39 is 10.9 Å². The summed E-state index contributed by atoms with van der Waals surface area (Å²) in [6.07, 6.45) is 0.559. The van der Waals surface area contributed by atoms with E-state index in [4.69, 9.17) is 28.1 Å². The topological polar surface area (TPSA) is 87.3 Å². The van der Waals surface area contributed by atoms with E-state index in [9.17, 15) is 0 Å². The SMILES string of the molecule is COc1ccc(CCOC2=NC(N3CCOCC3)=S(F)C(Oc3ccc4oc5ccccc5c4c3)=N2)cc1OC. The zero-order chi connectivity index (χ0) is 27.5. The van der Waals surface area contributed by atoms with Crippen molar-refractivity contribution in [1.29, 1.82) is 0 Å². The molecule has 208 valence electrons. The zero-order valence-corrected chi connectivity index (χ0v) is 22.9. The van der Waals surface area contributed by atoms with E-state index in [1.54, 1.807) is 20.3 Å². The average Bonchev–Trinajstić information content (AvgIpc) is 3.37. The van der Waals surface area contributed by atoms with E-state index in [2.05, 4.69) is 9.98 Å². The van der Waals surface area contributed by atoms with Crippen LogP contribution >= 0.6 is 10.9 Å². The van der Waals surface area contributed by atoms with Crippen LogP contribution in [-0.4, -0.2) is 68.4 Å². The van der Waals surface area contributed by atoms with Gasteiger partial charge in [0.2, 0.25) is 0 Å². The summed E-state index contributed by atoms with van der Waals surface area (Å²) in [5.41, 5.74) is 2.48. The first-order chi connectivity index (χ1) is 19.6. The summed E-state index contributed by atoms with van der Waals surface area (Å²) in [6.45, 7) is 2.29. The van der Waals surface area contributed by atoms with Gasteiger partial charge in [-0.15, -0.1) is 0 Å². The molecular formula is C29H28FN3O6S. The number of furan rings is 1. The zero-order valence-electron chi connectivity index (χ0n) is 22.1. The standard InChI is InChI=1S/C29H28FN3O6S/c1-34-25-9-7-19(17-26(25)35-2)11-14-37-27-31-28(33-12-15-36-16-13-33)40(30)29(32-27)38-20-8-10-24-22(18-20)21-5-3-4-6-23(21)39-24/h3-10,17-18H,11-16H2,1-2H3. The van der Waals surface area contributed by atoms with E-state index in [1.807, 2.05) is 59.5 Å². The number of rotatable bonds is 6. The molecule has 0 spiro atoms. The van der Waals surface area contributed by atoms with Crippen molar-refractivity contribution in [3.8, 4) is 17.2 Å². The quantitative estimate of drug-likeness (QED) is 0.284. The maximum atomic E-state index is 15.9. The fourth-order valence-corrected chi connectivity index (χ4v) is 5.62. The summed E-state index contributed by atoms with van der Waals surface area (Å²) in [5.74, 6) is 1.73. The Morgan fingerprint density at radius 3 is 2.52 bits per heavy atom. The minimum Gasteiger partial charge on any atom is -0.493 e. The number of fused-ring (bicyclic) bond motifs is 3. The Morgan fingerprint density at radius 1 is 0.900 bits per heavy atom. The molecule has 40 heavy (non-hydrogen) atoms. The van der Waals surface area contributed by atoms with E-state index in [1.165, 1.54) is 0 Å². The van der Waals surface area contributed by atoms with Crippen molar-refractivity contribution in [2.45, 2.75) is 6.42 Å². The number of benzene rings is 3. The maximum absolute atomic E-state index is 15.9. The normalized spacial score (nSPS) is 18.0. The highest BCUT2D eigenvalue weighted by Gasteiger charge is 2.28. The first-order valence-corrected chi connectivity index (χ1v) is 14.0. The van der Waals surface area contributed by atoms with Gasteiger partial charge in [0.1, 0.15) is 27.8 Å². The Morgan fingerprint density at radius 2 is 1.70 bits per heavy atom. The van der Waals surface area contributed by atoms with Gasteiger partial charge in [0.15, 0.2) is 16.6 Å². The Balaban J connectivity index is 1.25. The van der Waals surface area contributed by atoms with Crippen molar-refractivity contribution in [1.82, 2.24) is 4.90 Å². The van der Waals surface area contributed by atoms with Crippen LogP contribution in [0.4, 0.5) is 3.89 Å². The molecule has 0 saturated carbocycles. The van der Waals surface area contributed by atoms with Crippen LogP contribution in [0.2, 0.25) is 0 Å². The first-order valence-electron chi connectivity index (χ1n) is 12.8. The van der Waals surface area contributed by atoms with E-state index in [-0.39, 0.29) is 23.0 Å². The van der Waals surface area contributed by atoms with Gasteiger partial charge in [0, 0.05) is 30.3 Å². The molecule has 11 heteroatoms. The van der Waals surface area contributed by atoms with Gasteiger partial charge in [-0.25, -0.2) is 4.90 Å². The van der Waals surface area contributed by atoms with Crippen LogP contribution < -0.4 is 14.2 Å². The third kappa shape index (κ3) is 5.40. The third-order valence-corrected chi connectivity index (χ3v) is 7.75. The van der Waals surface area contributed by atoms with Gasteiger partial charge in [-0.3, -0.25) is 0 Å². The molecule has 0 aliphatic carbocycles. The van der Waals surface area contributed by atoms with Crippen LogP contribution in [0, 0.1) is 0 Å². The average molecular weight is 566 g/mol. The van der Waals surface area contributed by atoms with E-state index in [0.717, 1.165) is 27.5 Å². The predicted molar refractivity (Wildman–Crippen MR) is 155 cm³/mol. The molecule has 0 bridgehead atoms. The molecule has 0 amide bonds. The summed E-state index contributed by atoms with van der Waals surface area (Å²) in [7, 11) is 1.19. The molecule has 0 radical (unpaired) electrons. The van der Waals surface area contributed by atoms with Crippen molar-refractivity contribution in [2.24, 2.45) is 9.98 Å². The maximum Gasteiger partial charge on any atom is 0.322 e. The highest BCUT2D eigenvalue weighted by atomic mass is 32.2. The lowest BCUT2D eigenvalue weighted by atomic mass is 10.1. The van der Waals surface area contributed by atoms with Crippen LogP contribution in [-0.2, 0) is 15.9 Å². The highest BCUT2D eigenvalue weighted by molar-refractivity contribution is 8.24. The number of nitrogens with zero attached hydrogens (tertiary/aromatic N) is 3. The van der Waals surface area contributed by atoms with Crippen LogP contribution in [0.15, 0.2) is 75.1 Å². The molecule has 3 heterocycles. The van der Waals surface area contributed by atoms with Gasteiger partial charge < -0.3 is 28.1 Å². The van der Waals surface area contributed by atoms with Gasteiger partial charge >= 0.3 is 6.02 Å². The summed E-state index contributed by atoms with van der Waals surface area (Å²) in [4.78, 5) is 10.6. The Hall–Kier alpha value is -3.93. The fraction of sp³-hybridized carbons (Fsp3) is 0.276. The minimum atomic E-state index is -1.99. The smallest absolute Gasteiger partial charge is 0.322 e. The summed E-state index contributed by atoms with van der Waals surface area (Å²) >= 11 is 0. The van der Waals surface area contributed by atoms with Gasteiger partial charge in [0.25, 0.3) is 5.23 Å². The highest BCUT2D eigenvalue weighted by Crippen LogP contribution is 2.34. The second kappa shape index (κ2) is 11.7. The number of hydrogen-bond acceptors (Lipinski definition) is 9. The van der Waals surface area contributed by atoms with Crippen LogP contribution in [0.1, 0.15) is 5.56 Å². The summed E-state index contributed by atoms with van der Waals surface area (Å²) in [5, 5.41) is 1.95. The Kier molecular flexibility index (Phi) is 7.67. The van der Waals surface area contributed by atoms with Crippen LogP contribution in [0.3, 0.4) is 0 Å². The molecular weight excluding hydrogens is 537 g/mol. The molecule has 2 aliphatic rings. The molecule has 3 aromatic carbocycles. The van der Waals surface area contributed by atoms with E-state index >= 15 is 3.89 Å². The molecule has 4 aromatic rings. The van der Waals surface area contributed by atoms with Crippen LogP contribution in [0.5, 0.6) is 17.2 Å². The van der Waals surface area contributed by atoms with Gasteiger partial charge in [-0.1, -0.05) is 24.3 Å². The second-order valence-electron chi connectivity index (χ2n) is 9.06. The van der Waals surface area contributed by atoms with Gasteiger partial charge in [-0.2, -0.15) is 13.9 Å². The number of hydrogen-bond donors (Lipinski definition) is 0. The van der Waals surface area contributed by atoms with E-state index in [0.29, 0.717) is 50.0 Å². The minimum absolute atomic E-state index is 0.0493. The Bertz CT molecular complexity index is 1640. The molecule has 6 rings (SSSR count). The van der Waals surface area contributed by atoms with Crippen molar-refractivity contribution < 1.29 is 32.0 Å². The molecule has 1 aromatic heterocycles. The number of morpholine rings is 1. The van der Waals surface area contributed by atoms with Gasteiger partial charge in [-0.05, 0) is 42.0 Å². The summed E-state index contributed by atoms with van der Waals surface area (Å²) in [6, 6.07) is 18.8. The lowest BCUT2D eigenvalue weighted by Gasteiger charge is -2.28. The Labute approximate surface area is 233 Å². The second-order valence-corrected chi connectivity index (χ2v) is 10.3. The lowest BCUT2D eigenvalue weighted by Crippen LogP contribution is -2.41. The predicted octanol–water partition coefficient (Wildman–Crippen LogP) is 5.54. The van der Waals surface area contributed by atoms with Crippen molar-refractivity contribution in [2.75, 3.05) is 47.1 Å². The molecule has 1 unspecified atom stereocenters. The molecule has 1 atom stereocenters. The van der Waals surface area contributed by atoms with Crippen molar-refractivity contribution in [3.63, 3.8) is 0 Å². The van der Waals surface area contributed by atoms with Crippen molar-refractivity contribution in [3.05, 3.63) is 66.2 Å². The number of amidine groups is 1. The molecule has 0 N–H and O–H groups in total. The molecule has 2 aliphatic heterocycles. The molecule has 1 saturated heterocycles. The molecule has 9 nitrogen and oxygen atoms in total. The summed E-state index contributed by atoms with van der Waals surface area (Å²) < 4.78 is 49.9. The molecule has 1 fully saturated rings. The van der Waals surface area contributed by atoms with Crippen molar-refractivity contribution >= 4 is 49.2 Å². The van der Waals surface area contributed by atoms with Gasteiger partial charge in [0.05, 0.1) is 34.0 Å². The monoisotopic (exact) mass is 565 g/mol. The number of ether oxygens (including phenoxy) is 5. The first kappa shape index (κ1) is 26.3. The number of halogens is 1. The number of aliphatic imine (C=N–C) groups is 2. The number of para-hydroxylation sites is 1. The fourth-order valence-electron chi connectivity index (χ4n) is 4.57. The lowest BCUT2D eigenvalue weighted by molar-refractivity contribution is 0.0685. The van der Waals surface area contributed by atoms with Crippen LogP contribution in [0.25, 0.3) is 21.9 Å². The third-order valence-electron chi connectivity index (χ3n) is 6.60. The number of methoxy groups -OCH3 is 2.